The number of anilines is 1. The molecule has 0 saturated heterocycles. The molecule has 1 atom stereocenters. The molecule has 0 spiro atoms. The Hall–Kier alpha value is -2.48. The smallest absolute Gasteiger partial charge is 0.266 e. The van der Waals surface area contributed by atoms with Crippen molar-refractivity contribution in [3.63, 3.8) is 0 Å². The molecule has 2 aromatic rings. The van der Waals surface area contributed by atoms with Crippen LogP contribution in [-0.2, 0) is 16.6 Å². The number of guanidine groups is 1. The lowest BCUT2D eigenvalue weighted by atomic mass is 9.90. The van der Waals surface area contributed by atoms with E-state index in [-0.39, 0.29) is 29.0 Å². The van der Waals surface area contributed by atoms with Gasteiger partial charge in [0, 0.05) is 5.56 Å². The molecular formula is C20H23F2N3O2S. The number of benzene rings is 2. The average molecular weight is 407 g/mol. The molecule has 28 heavy (non-hydrogen) atoms. The third-order valence-electron chi connectivity index (χ3n) is 4.54. The maximum absolute atomic E-state index is 14.6. The minimum Gasteiger partial charge on any atom is -0.324 e. The lowest BCUT2D eigenvalue weighted by Crippen LogP contribution is -2.41. The number of hydrogen-bond donors (Lipinski definition) is 2. The molecule has 2 N–H and O–H groups in total. The molecule has 0 bridgehead atoms. The Balaban J connectivity index is 1.99. The van der Waals surface area contributed by atoms with Gasteiger partial charge >= 0.3 is 0 Å². The Morgan fingerprint density at radius 3 is 2.54 bits per heavy atom. The van der Waals surface area contributed by atoms with E-state index in [4.69, 9.17) is 0 Å². The number of sulfonamides is 1. The molecule has 150 valence electrons. The van der Waals surface area contributed by atoms with Crippen LogP contribution in [0, 0.1) is 17.6 Å². The van der Waals surface area contributed by atoms with Gasteiger partial charge in [0.25, 0.3) is 10.0 Å². The Labute approximate surface area is 163 Å². The van der Waals surface area contributed by atoms with Gasteiger partial charge in [0.15, 0.2) is 0 Å². The van der Waals surface area contributed by atoms with Crippen LogP contribution in [0.1, 0.15) is 44.2 Å². The van der Waals surface area contributed by atoms with Crippen molar-refractivity contribution in [1.29, 1.82) is 0 Å². The largest absolute Gasteiger partial charge is 0.324 e. The zero-order valence-electron chi connectivity index (χ0n) is 16.0. The van der Waals surface area contributed by atoms with E-state index in [9.17, 15) is 17.2 Å². The highest BCUT2D eigenvalue weighted by Crippen LogP contribution is 2.37. The molecule has 0 aromatic heterocycles. The van der Waals surface area contributed by atoms with Crippen LogP contribution in [0.4, 0.5) is 14.5 Å². The summed E-state index contributed by atoms with van der Waals surface area (Å²) < 4.78 is 55.6. The lowest BCUT2D eigenvalue weighted by Gasteiger charge is -2.27. The SMILES string of the molecule is CC(C)C[C@@H](C)c1c(F)ccc2c1NC(=NCc1cccc(F)c1)NS2(=O)=O. The van der Waals surface area contributed by atoms with Gasteiger partial charge in [-0.05, 0) is 48.1 Å². The molecule has 0 saturated carbocycles. The van der Waals surface area contributed by atoms with Crippen molar-refractivity contribution in [2.45, 2.75) is 44.6 Å². The number of fused-ring (bicyclic) bond motifs is 1. The van der Waals surface area contributed by atoms with E-state index < -0.39 is 21.7 Å². The third-order valence-corrected chi connectivity index (χ3v) is 5.93. The van der Waals surface area contributed by atoms with Crippen molar-refractivity contribution >= 4 is 21.7 Å². The molecule has 0 amide bonds. The highest BCUT2D eigenvalue weighted by molar-refractivity contribution is 7.90. The lowest BCUT2D eigenvalue weighted by molar-refractivity contribution is 0.501. The monoisotopic (exact) mass is 407 g/mol. The molecule has 5 nitrogen and oxygen atoms in total. The first kappa shape index (κ1) is 20.3. The van der Waals surface area contributed by atoms with E-state index in [1.807, 2.05) is 20.8 Å². The van der Waals surface area contributed by atoms with Crippen molar-refractivity contribution in [3.05, 3.63) is 59.2 Å². The first-order valence-corrected chi connectivity index (χ1v) is 10.6. The minimum absolute atomic E-state index is 0.00999. The first-order chi connectivity index (χ1) is 13.2. The number of hydrogen-bond acceptors (Lipinski definition) is 3. The second-order valence-corrected chi connectivity index (χ2v) is 9.04. The summed E-state index contributed by atoms with van der Waals surface area (Å²) >= 11 is 0. The summed E-state index contributed by atoms with van der Waals surface area (Å²) in [5.74, 6) is -0.724. The molecular weight excluding hydrogens is 384 g/mol. The van der Waals surface area contributed by atoms with Gasteiger partial charge in [-0.15, -0.1) is 0 Å². The molecule has 1 heterocycles. The van der Waals surface area contributed by atoms with Gasteiger partial charge in [-0.1, -0.05) is 32.9 Å². The van der Waals surface area contributed by atoms with Gasteiger partial charge in [-0.3, -0.25) is 0 Å². The molecule has 0 radical (unpaired) electrons. The predicted octanol–water partition coefficient (Wildman–Crippen LogP) is 4.37. The number of nitrogens with one attached hydrogen (secondary N) is 2. The van der Waals surface area contributed by atoms with Crippen LogP contribution in [0.5, 0.6) is 0 Å². The number of halogens is 2. The highest BCUT2D eigenvalue weighted by Gasteiger charge is 2.31. The minimum atomic E-state index is -3.89. The molecule has 8 heteroatoms. The Morgan fingerprint density at radius 2 is 1.86 bits per heavy atom. The molecule has 0 unspecified atom stereocenters. The quantitative estimate of drug-likeness (QED) is 0.773. The Kier molecular flexibility index (Phi) is 5.69. The van der Waals surface area contributed by atoms with Gasteiger partial charge in [0.2, 0.25) is 5.96 Å². The maximum Gasteiger partial charge on any atom is 0.266 e. The molecule has 1 aliphatic rings. The van der Waals surface area contributed by atoms with Crippen LogP contribution in [0.25, 0.3) is 0 Å². The molecule has 1 aliphatic heterocycles. The summed E-state index contributed by atoms with van der Waals surface area (Å²) in [7, 11) is -3.89. The van der Waals surface area contributed by atoms with E-state index >= 15 is 0 Å². The van der Waals surface area contributed by atoms with Gasteiger partial charge in [0.1, 0.15) is 16.5 Å². The van der Waals surface area contributed by atoms with Crippen molar-refractivity contribution < 1.29 is 17.2 Å². The summed E-state index contributed by atoms with van der Waals surface area (Å²) in [6, 6.07) is 8.31. The van der Waals surface area contributed by atoms with E-state index in [1.165, 1.54) is 24.3 Å². The zero-order chi connectivity index (χ0) is 20.5. The second-order valence-electron chi connectivity index (χ2n) is 7.39. The summed E-state index contributed by atoms with van der Waals surface area (Å²) in [6.07, 6.45) is 0.707. The van der Waals surface area contributed by atoms with E-state index in [0.717, 1.165) is 0 Å². The van der Waals surface area contributed by atoms with Crippen LogP contribution >= 0.6 is 0 Å². The van der Waals surface area contributed by atoms with Crippen LogP contribution in [0.15, 0.2) is 46.3 Å². The van der Waals surface area contributed by atoms with E-state index in [1.54, 1.807) is 12.1 Å². The van der Waals surface area contributed by atoms with Crippen LogP contribution in [0.2, 0.25) is 0 Å². The predicted molar refractivity (Wildman–Crippen MR) is 106 cm³/mol. The fourth-order valence-electron chi connectivity index (χ4n) is 3.44. The average Bonchev–Trinajstić information content (AvgIpc) is 2.58. The Morgan fingerprint density at radius 1 is 1.11 bits per heavy atom. The summed E-state index contributed by atoms with van der Waals surface area (Å²) in [6.45, 7) is 6.01. The fourth-order valence-corrected chi connectivity index (χ4v) is 4.59. The van der Waals surface area contributed by atoms with Gasteiger partial charge in [0.05, 0.1) is 12.2 Å². The van der Waals surface area contributed by atoms with Gasteiger partial charge in [-0.25, -0.2) is 26.9 Å². The van der Waals surface area contributed by atoms with Crippen molar-refractivity contribution in [2.75, 3.05) is 5.32 Å². The van der Waals surface area contributed by atoms with Gasteiger partial charge in [-0.2, -0.15) is 0 Å². The topological polar surface area (TPSA) is 70.6 Å². The molecule has 0 fully saturated rings. The number of rotatable bonds is 5. The van der Waals surface area contributed by atoms with E-state index in [0.29, 0.717) is 23.5 Å². The summed E-state index contributed by atoms with van der Waals surface area (Å²) in [4.78, 5) is 4.20. The van der Waals surface area contributed by atoms with Crippen molar-refractivity contribution in [2.24, 2.45) is 10.9 Å². The molecule has 2 aromatic carbocycles. The Bertz CT molecular complexity index is 1020. The fraction of sp³-hybridized carbons (Fsp3) is 0.350. The maximum atomic E-state index is 14.6. The number of aliphatic imine (C=N–C) groups is 1. The van der Waals surface area contributed by atoms with Gasteiger partial charge < -0.3 is 5.32 Å². The van der Waals surface area contributed by atoms with Crippen LogP contribution in [0.3, 0.4) is 0 Å². The standard InChI is InChI=1S/C20H23F2N3O2S/c1-12(2)9-13(3)18-16(22)7-8-17-19(18)24-20(25-28(17,26)27)23-11-14-5-4-6-15(21)10-14/h4-8,10,12-13H,9,11H2,1-3H3,(H2,23,24,25)/t13-/m1/s1. The normalized spacial score (nSPS) is 17.7. The van der Waals surface area contributed by atoms with Crippen LogP contribution < -0.4 is 10.0 Å². The van der Waals surface area contributed by atoms with Crippen molar-refractivity contribution in [3.8, 4) is 0 Å². The number of nitrogens with zero attached hydrogens (tertiary/aromatic N) is 1. The second kappa shape index (κ2) is 7.87. The summed E-state index contributed by atoms with van der Waals surface area (Å²) in [5, 5.41) is 2.93. The highest BCUT2D eigenvalue weighted by atomic mass is 32.2. The zero-order valence-corrected chi connectivity index (χ0v) is 16.8. The van der Waals surface area contributed by atoms with E-state index in [2.05, 4.69) is 15.0 Å². The molecule has 0 aliphatic carbocycles. The summed E-state index contributed by atoms with van der Waals surface area (Å²) in [5.41, 5.74) is 1.13. The van der Waals surface area contributed by atoms with Crippen LogP contribution in [-0.4, -0.2) is 14.4 Å². The first-order valence-electron chi connectivity index (χ1n) is 9.08. The molecule has 3 rings (SSSR count). The third kappa shape index (κ3) is 4.32. The van der Waals surface area contributed by atoms with Crippen molar-refractivity contribution in [1.82, 2.24) is 4.72 Å².